The summed E-state index contributed by atoms with van der Waals surface area (Å²) in [6.07, 6.45) is 1.57. The largest absolute Gasteiger partial charge is 0.486 e. The van der Waals surface area contributed by atoms with E-state index >= 15 is 0 Å². The lowest BCUT2D eigenvalue weighted by Gasteiger charge is -2.19. The zero-order chi connectivity index (χ0) is 12.5. The standard InChI is InChI=1S/C13H11NO4/c1-16-13(15)12-9-7-11-10(17-4-5-18-11)6-8(9)2-3-14-12/h2-3,6-7H,4-5H2,1H3. The minimum absolute atomic E-state index is 0.284. The highest BCUT2D eigenvalue weighted by Crippen LogP contribution is 2.35. The van der Waals surface area contributed by atoms with Crippen molar-refractivity contribution in [3.8, 4) is 11.5 Å². The lowest BCUT2D eigenvalue weighted by atomic mass is 10.1. The van der Waals surface area contributed by atoms with Crippen molar-refractivity contribution in [2.75, 3.05) is 20.3 Å². The molecule has 1 aromatic carbocycles. The number of aromatic nitrogens is 1. The van der Waals surface area contributed by atoms with Crippen LogP contribution in [0.15, 0.2) is 24.4 Å². The van der Waals surface area contributed by atoms with E-state index in [-0.39, 0.29) is 5.69 Å². The minimum atomic E-state index is -0.461. The average Bonchev–Trinajstić information content (AvgIpc) is 2.43. The van der Waals surface area contributed by atoms with Crippen LogP contribution in [0.2, 0.25) is 0 Å². The molecule has 1 aliphatic heterocycles. The van der Waals surface area contributed by atoms with E-state index in [1.165, 1.54) is 7.11 Å². The van der Waals surface area contributed by atoms with Crippen molar-refractivity contribution in [3.63, 3.8) is 0 Å². The Kier molecular flexibility index (Phi) is 2.51. The first-order valence-electron chi connectivity index (χ1n) is 5.56. The molecule has 0 spiro atoms. The van der Waals surface area contributed by atoms with Crippen LogP contribution in [0.5, 0.6) is 11.5 Å². The molecular weight excluding hydrogens is 234 g/mol. The summed E-state index contributed by atoms with van der Waals surface area (Å²) in [5.41, 5.74) is 0.284. The monoisotopic (exact) mass is 245 g/mol. The third-order valence-electron chi connectivity index (χ3n) is 2.81. The molecule has 5 heteroatoms. The second-order valence-electron chi connectivity index (χ2n) is 3.87. The quantitative estimate of drug-likeness (QED) is 0.717. The van der Waals surface area contributed by atoms with Crippen LogP contribution in [0.25, 0.3) is 10.8 Å². The molecule has 1 aliphatic rings. The van der Waals surface area contributed by atoms with Crippen molar-refractivity contribution >= 4 is 16.7 Å². The lowest BCUT2D eigenvalue weighted by Crippen LogP contribution is -2.15. The maximum Gasteiger partial charge on any atom is 0.357 e. The Morgan fingerprint density at radius 3 is 2.72 bits per heavy atom. The van der Waals surface area contributed by atoms with Gasteiger partial charge in [-0.05, 0) is 23.6 Å². The van der Waals surface area contributed by atoms with E-state index in [1.54, 1.807) is 12.3 Å². The van der Waals surface area contributed by atoms with Crippen LogP contribution >= 0.6 is 0 Å². The molecule has 1 aromatic heterocycles. The first-order valence-corrected chi connectivity index (χ1v) is 5.56. The molecule has 0 saturated heterocycles. The molecule has 0 amide bonds. The molecule has 0 fully saturated rings. The fourth-order valence-corrected chi connectivity index (χ4v) is 1.97. The predicted octanol–water partition coefficient (Wildman–Crippen LogP) is 1.79. The van der Waals surface area contributed by atoms with E-state index in [0.29, 0.717) is 30.1 Å². The Labute approximate surface area is 103 Å². The summed E-state index contributed by atoms with van der Waals surface area (Å²) in [5, 5.41) is 1.57. The van der Waals surface area contributed by atoms with Crippen LogP contribution in [-0.4, -0.2) is 31.3 Å². The molecule has 92 valence electrons. The Morgan fingerprint density at radius 1 is 1.28 bits per heavy atom. The van der Waals surface area contributed by atoms with Crippen LogP contribution < -0.4 is 9.47 Å². The molecule has 0 radical (unpaired) electrons. The number of carbonyl (C=O) groups is 1. The van der Waals surface area contributed by atoms with E-state index in [1.807, 2.05) is 12.1 Å². The summed E-state index contributed by atoms with van der Waals surface area (Å²) in [4.78, 5) is 15.7. The van der Waals surface area contributed by atoms with Crippen LogP contribution in [0.4, 0.5) is 0 Å². The zero-order valence-electron chi connectivity index (χ0n) is 9.80. The van der Waals surface area contributed by atoms with Gasteiger partial charge in [-0.1, -0.05) is 0 Å². The number of esters is 1. The summed E-state index contributed by atoms with van der Waals surface area (Å²) in [7, 11) is 1.33. The topological polar surface area (TPSA) is 57.7 Å². The summed E-state index contributed by atoms with van der Waals surface area (Å²) in [5.74, 6) is 0.861. The van der Waals surface area contributed by atoms with Crippen LogP contribution in [-0.2, 0) is 4.74 Å². The van der Waals surface area contributed by atoms with Gasteiger partial charge in [0.1, 0.15) is 13.2 Å². The molecule has 18 heavy (non-hydrogen) atoms. The van der Waals surface area contributed by atoms with Gasteiger partial charge in [-0.15, -0.1) is 0 Å². The van der Waals surface area contributed by atoms with E-state index in [4.69, 9.17) is 14.2 Å². The highest BCUT2D eigenvalue weighted by atomic mass is 16.6. The number of rotatable bonds is 1. The first-order chi connectivity index (χ1) is 8.79. The number of hydrogen-bond donors (Lipinski definition) is 0. The van der Waals surface area contributed by atoms with Crippen molar-refractivity contribution in [3.05, 3.63) is 30.1 Å². The molecule has 0 atom stereocenters. The fourth-order valence-electron chi connectivity index (χ4n) is 1.97. The van der Waals surface area contributed by atoms with Crippen molar-refractivity contribution in [2.45, 2.75) is 0 Å². The summed E-state index contributed by atoms with van der Waals surface area (Å²) in [6.45, 7) is 1.04. The Balaban J connectivity index is 2.24. The Bertz CT molecular complexity index is 624. The van der Waals surface area contributed by atoms with Gasteiger partial charge in [-0.2, -0.15) is 0 Å². The molecule has 0 aliphatic carbocycles. The van der Waals surface area contributed by atoms with Gasteiger partial charge in [0.25, 0.3) is 0 Å². The van der Waals surface area contributed by atoms with Crippen LogP contribution in [0, 0.1) is 0 Å². The highest BCUT2D eigenvalue weighted by Gasteiger charge is 2.17. The van der Waals surface area contributed by atoms with E-state index in [9.17, 15) is 4.79 Å². The maximum atomic E-state index is 11.6. The van der Waals surface area contributed by atoms with Crippen molar-refractivity contribution < 1.29 is 19.0 Å². The van der Waals surface area contributed by atoms with Crippen molar-refractivity contribution in [1.29, 1.82) is 0 Å². The van der Waals surface area contributed by atoms with Crippen molar-refractivity contribution in [1.82, 2.24) is 4.98 Å². The third-order valence-corrected chi connectivity index (χ3v) is 2.81. The molecule has 0 unspecified atom stereocenters. The predicted molar refractivity (Wildman–Crippen MR) is 64.1 cm³/mol. The number of fused-ring (bicyclic) bond motifs is 2. The van der Waals surface area contributed by atoms with Gasteiger partial charge in [-0.25, -0.2) is 9.78 Å². The SMILES string of the molecule is COC(=O)c1nccc2cc3c(cc12)OCCO3. The number of ether oxygens (including phenoxy) is 3. The molecule has 5 nitrogen and oxygen atoms in total. The fraction of sp³-hybridized carbons (Fsp3) is 0.231. The summed E-state index contributed by atoms with van der Waals surface area (Å²) in [6, 6.07) is 5.43. The van der Waals surface area contributed by atoms with Gasteiger partial charge in [0.15, 0.2) is 17.2 Å². The number of methoxy groups -OCH3 is 1. The summed E-state index contributed by atoms with van der Waals surface area (Å²) < 4.78 is 15.7. The second kappa shape index (κ2) is 4.18. The molecule has 0 saturated carbocycles. The number of benzene rings is 1. The second-order valence-corrected chi connectivity index (χ2v) is 3.87. The summed E-state index contributed by atoms with van der Waals surface area (Å²) >= 11 is 0. The van der Waals surface area contributed by atoms with Gasteiger partial charge in [0, 0.05) is 11.6 Å². The van der Waals surface area contributed by atoms with Gasteiger partial charge < -0.3 is 14.2 Å². The van der Waals surface area contributed by atoms with Crippen LogP contribution in [0.1, 0.15) is 10.5 Å². The molecule has 0 bridgehead atoms. The van der Waals surface area contributed by atoms with Gasteiger partial charge in [0.2, 0.25) is 0 Å². The van der Waals surface area contributed by atoms with E-state index in [2.05, 4.69) is 4.98 Å². The number of hydrogen-bond acceptors (Lipinski definition) is 5. The average molecular weight is 245 g/mol. The first kappa shape index (κ1) is 10.8. The number of nitrogens with zero attached hydrogens (tertiary/aromatic N) is 1. The molecule has 0 N–H and O–H groups in total. The van der Waals surface area contributed by atoms with Crippen molar-refractivity contribution in [2.24, 2.45) is 0 Å². The van der Waals surface area contributed by atoms with E-state index < -0.39 is 5.97 Å². The van der Waals surface area contributed by atoms with Gasteiger partial charge in [-0.3, -0.25) is 0 Å². The third kappa shape index (κ3) is 1.64. The Morgan fingerprint density at radius 2 is 2.00 bits per heavy atom. The van der Waals surface area contributed by atoms with Crippen LogP contribution in [0.3, 0.4) is 0 Å². The minimum Gasteiger partial charge on any atom is -0.486 e. The normalized spacial score (nSPS) is 13.4. The molecule has 3 rings (SSSR count). The van der Waals surface area contributed by atoms with Gasteiger partial charge in [0.05, 0.1) is 7.11 Å². The highest BCUT2D eigenvalue weighted by molar-refractivity contribution is 6.03. The molecular formula is C13H11NO4. The molecule has 2 aromatic rings. The number of carbonyl (C=O) groups excluding carboxylic acids is 1. The zero-order valence-corrected chi connectivity index (χ0v) is 9.80. The maximum absolute atomic E-state index is 11.6. The number of pyridine rings is 1. The lowest BCUT2D eigenvalue weighted by molar-refractivity contribution is 0.0596. The van der Waals surface area contributed by atoms with E-state index in [0.717, 1.165) is 5.39 Å². The van der Waals surface area contributed by atoms with Gasteiger partial charge >= 0.3 is 5.97 Å². The Hall–Kier alpha value is -2.30. The molecule has 2 heterocycles. The smallest absolute Gasteiger partial charge is 0.357 e.